The van der Waals surface area contributed by atoms with Crippen LogP contribution in [0.4, 0.5) is 5.69 Å². The van der Waals surface area contributed by atoms with Gasteiger partial charge in [0.15, 0.2) is 0 Å². The Hall–Kier alpha value is -2.87. The highest BCUT2D eigenvalue weighted by molar-refractivity contribution is 6.02. The zero-order valence-corrected chi connectivity index (χ0v) is 22.2. The van der Waals surface area contributed by atoms with Crippen molar-refractivity contribution >= 4 is 23.4 Å². The molecule has 1 spiro atoms. The van der Waals surface area contributed by atoms with Gasteiger partial charge in [0.25, 0.3) is 0 Å². The van der Waals surface area contributed by atoms with Crippen LogP contribution in [0, 0.1) is 23.7 Å². The minimum Gasteiger partial charge on any atom is -0.497 e. The second-order valence-electron chi connectivity index (χ2n) is 11.2. The summed E-state index contributed by atoms with van der Waals surface area (Å²) in [5, 5.41) is 6.24. The number of hydrogen-bond donors (Lipinski definition) is 2. The second-order valence-corrected chi connectivity index (χ2v) is 11.2. The molecule has 8 nitrogen and oxygen atoms in total. The molecule has 3 heterocycles. The van der Waals surface area contributed by atoms with Crippen molar-refractivity contribution in [3.8, 4) is 5.75 Å². The first-order valence-corrected chi connectivity index (χ1v) is 13.7. The van der Waals surface area contributed by atoms with Crippen LogP contribution in [0.1, 0.15) is 52.9 Å². The van der Waals surface area contributed by atoms with Crippen molar-refractivity contribution in [2.75, 3.05) is 19.0 Å². The van der Waals surface area contributed by atoms with E-state index < -0.39 is 29.6 Å². The highest BCUT2D eigenvalue weighted by atomic mass is 16.5. The maximum absolute atomic E-state index is 13.9. The fraction of sp³-hybridized carbons (Fsp3) is 0.621. The van der Waals surface area contributed by atoms with Crippen LogP contribution in [0.2, 0.25) is 0 Å². The normalized spacial score (nSPS) is 35.9. The monoisotopic (exact) mass is 509 g/mol. The third-order valence-electron chi connectivity index (χ3n) is 9.07. The molecule has 1 aromatic carbocycles. The molecule has 1 aromatic rings. The topological polar surface area (TPSA) is 97.0 Å². The van der Waals surface area contributed by atoms with Gasteiger partial charge < -0.3 is 25.0 Å². The molecule has 200 valence electrons. The molecule has 2 bridgehead atoms. The fourth-order valence-electron chi connectivity index (χ4n) is 6.78. The molecule has 37 heavy (non-hydrogen) atoms. The number of nitrogens with one attached hydrogen (secondary N) is 2. The van der Waals surface area contributed by atoms with Crippen molar-refractivity contribution in [3.63, 3.8) is 0 Å². The van der Waals surface area contributed by atoms with E-state index in [1.807, 2.05) is 12.2 Å². The number of carbonyl (C=O) groups excluding carboxylic acids is 3. The average molecular weight is 510 g/mol. The molecule has 1 aliphatic carbocycles. The summed E-state index contributed by atoms with van der Waals surface area (Å²) in [4.78, 5) is 43.0. The summed E-state index contributed by atoms with van der Waals surface area (Å²) in [6.07, 6.45) is 8.07. The van der Waals surface area contributed by atoms with Crippen LogP contribution in [0.3, 0.4) is 0 Å². The molecule has 2 N–H and O–H groups in total. The number of rotatable bonds is 8. The average Bonchev–Trinajstić information content (AvgIpc) is 3.53. The summed E-state index contributed by atoms with van der Waals surface area (Å²) in [5.41, 5.74) is -0.500. The molecule has 5 rings (SSSR count). The van der Waals surface area contributed by atoms with E-state index in [0.29, 0.717) is 29.8 Å². The van der Waals surface area contributed by atoms with Gasteiger partial charge in [0, 0.05) is 18.3 Å². The number of amides is 3. The van der Waals surface area contributed by atoms with Crippen LogP contribution in [0.15, 0.2) is 36.4 Å². The largest absolute Gasteiger partial charge is 0.497 e. The first kappa shape index (κ1) is 25.8. The first-order chi connectivity index (χ1) is 17.8. The van der Waals surface area contributed by atoms with E-state index >= 15 is 0 Å². The highest BCUT2D eigenvalue weighted by Crippen LogP contribution is 2.55. The predicted molar refractivity (Wildman–Crippen MR) is 140 cm³/mol. The number of hydrogen-bond acceptors (Lipinski definition) is 5. The standard InChI is InChI=1S/C29H39N3O5/c1-5-6-16-32-25(27(34)31-21-9-7-8-17(2)18(21)3)29-15-14-22(37-29)23(24(29)28(32)35)26(33)30-19-10-12-20(36-4)13-11-19/h10-15,17-18,21-25H,5-9,16H2,1-4H3,(H,30,33)(H,31,34)/t17-,18-,21+,22-,23+,24-,25-,29-/m0/s1. The molecular weight excluding hydrogens is 470 g/mol. The van der Waals surface area contributed by atoms with E-state index in [1.54, 1.807) is 36.3 Å². The lowest BCUT2D eigenvalue weighted by Crippen LogP contribution is -2.58. The molecule has 3 aliphatic heterocycles. The molecule has 3 amide bonds. The van der Waals surface area contributed by atoms with Crippen molar-refractivity contribution in [1.82, 2.24) is 10.2 Å². The number of methoxy groups -OCH3 is 1. The van der Waals surface area contributed by atoms with E-state index in [1.165, 1.54) is 6.42 Å². The zero-order valence-electron chi connectivity index (χ0n) is 22.2. The minimum atomic E-state index is -1.12. The molecule has 4 aliphatic rings. The molecule has 0 radical (unpaired) electrons. The molecule has 8 heteroatoms. The van der Waals surface area contributed by atoms with Crippen LogP contribution < -0.4 is 15.4 Å². The zero-order chi connectivity index (χ0) is 26.3. The molecule has 3 fully saturated rings. The van der Waals surface area contributed by atoms with Crippen molar-refractivity contribution in [1.29, 1.82) is 0 Å². The summed E-state index contributed by atoms with van der Waals surface area (Å²) in [6.45, 7) is 6.96. The second kappa shape index (κ2) is 10.1. The van der Waals surface area contributed by atoms with Crippen LogP contribution in [0.5, 0.6) is 5.75 Å². The number of unbranched alkanes of at least 4 members (excludes halogenated alkanes) is 1. The molecular formula is C29H39N3O5. The highest BCUT2D eigenvalue weighted by Gasteiger charge is 2.72. The lowest BCUT2D eigenvalue weighted by atomic mass is 9.73. The third kappa shape index (κ3) is 4.33. The Morgan fingerprint density at radius 1 is 1.16 bits per heavy atom. The summed E-state index contributed by atoms with van der Waals surface area (Å²) in [7, 11) is 1.59. The SMILES string of the molecule is CCCCN1C(=O)[C@@H]2[C@H](C(=O)Nc3ccc(OC)cc3)[C@@H]3C=C[C@@]2(O3)[C@@H]1C(=O)N[C@@H]1CCC[C@H](C)[C@@H]1C. The van der Waals surface area contributed by atoms with Crippen molar-refractivity contribution < 1.29 is 23.9 Å². The number of benzene rings is 1. The van der Waals surface area contributed by atoms with Crippen LogP contribution >= 0.6 is 0 Å². The Morgan fingerprint density at radius 2 is 1.92 bits per heavy atom. The maximum Gasteiger partial charge on any atom is 0.246 e. The Labute approximate surface area is 219 Å². The van der Waals surface area contributed by atoms with Gasteiger partial charge in [-0.25, -0.2) is 0 Å². The van der Waals surface area contributed by atoms with Gasteiger partial charge in [-0.15, -0.1) is 0 Å². The number of anilines is 1. The van der Waals surface area contributed by atoms with Gasteiger partial charge >= 0.3 is 0 Å². The summed E-state index contributed by atoms with van der Waals surface area (Å²) < 4.78 is 11.6. The first-order valence-electron chi connectivity index (χ1n) is 13.7. The smallest absolute Gasteiger partial charge is 0.246 e. The van der Waals surface area contributed by atoms with Crippen LogP contribution in [-0.4, -0.2) is 60.1 Å². The van der Waals surface area contributed by atoms with Gasteiger partial charge in [-0.3, -0.25) is 14.4 Å². The van der Waals surface area contributed by atoms with Crippen molar-refractivity contribution in [2.45, 2.75) is 76.7 Å². The van der Waals surface area contributed by atoms with E-state index in [9.17, 15) is 14.4 Å². The van der Waals surface area contributed by atoms with Crippen LogP contribution in [0.25, 0.3) is 0 Å². The molecule has 2 saturated heterocycles. The number of fused-ring (bicyclic) bond motifs is 1. The molecule has 0 unspecified atom stereocenters. The Balaban J connectivity index is 1.41. The van der Waals surface area contributed by atoms with Gasteiger partial charge in [0.2, 0.25) is 17.7 Å². The summed E-state index contributed by atoms with van der Waals surface area (Å²) in [5.74, 6) is -0.435. The van der Waals surface area contributed by atoms with Crippen LogP contribution in [-0.2, 0) is 19.1 Å². The number of nitrogens with zero attached hydrogens (tertiary/aromatic N) is 1. The minimum absolute atomic E-state index is 0.0755. The predicted octanol–water partition coefficient (Wildman–Crippen LogP) is 3.53. The van der Waals surface area contributed by atoms with E-state index in [2.05, 4.69) is 31.4 Å². The van der Waals surface area contributed by atoms with Crippen molar-refractivity contribution in [3.05, 3.63) is 36.4 Å². The third-order valence-corrected chi connectivity index (χ3v) is 9.07. The maximum atomic E-state index is 13.9. The van der Waals surface area contributed by atoms with Gasteiger partial charge in [0.1, 0.15) is 17.4 Å². The fourth-order valence-corrected chi connectivity index (χ4v) is 6.78. The van der Waals surface area contributed by atoms with Gasteiger partial charge in [0.05, 0.1) is 25.0 Å². The van der Waals surface area contributed by atoms with Gasteiger partial charge in [-0.05, 0) is 48.9 Å². The molecule has 1 saturated carbocycles. The van der Waals surface area contributed by atoms with Gasteiger partial charge in [-0.1, -0.05) is 52.2 Å². The van der Waals surface area contributed by atoms with Gasteiger partial charge in [-0.2, -0.15) is 0 Å². The lowest BCUT2D eigenvalue weighted by Gasteiger charge is -2.38. The number of carbonyl (C=O) groups is 3. The Bertz CT molecular complexity index is 1070. The Kier molecular flexibility index (Phi) is 7.05. The number of ether oxygens (including phenoxy) is 2. The van der Waals surface area contributed by atoms with Crippen molar-refractivity contribution in [2.24, 2.45) is 23.7 Å². The van der Waals surface area contributed by atoms with E-state index in [4.69, 9.17) is 9.47 Å². The molecule has 0 aromatic heterocycles. The summed E-state index contributed by atoms with van der Waals surface area (Å²) in [6, 6.07) is 6.38. The number of likely N-dealkylation sites (tertiary alicyclic amines) is 1. The Morgan fingerprint density at radius 3 is 2.62 bits per heavy atom. The van der Waals surface area contributed by atoms with E-state index in [-0.39, 0.29) is 23.8 Å². The molecule has 8 atom stereocenters. The lowest BCUT2D eigenvalue weighted by molar-refractivity contribution is -0.141. The summed E-state index contributed by atoms with van der Waals surface area (Å²) >= 11 is 0. The quantitative estimate of drug-likeness (QED) is 0.523. The van der Waals surface area contributed by atoms with E-state index in [0.717, 1.165) is 25.7 Å².